The van der Waals surface area contributed by atoms with E-state index in [1.54, 1.807) is 6.08 Å². The molecule has 0 amide bonds. The molecular weight excluding hydrogens is 450 g/mol. The van der Waals surface area contributed by atoms with Gasteiger partial charge in [0.15, 0.2) is 10.8 Å². The van der Waals surface area contributed by atoms with Gasteiger partial charge in [-0.15, -0.1) is 0 Å². The lowest BCUT2D eigenvalue weighted by molar-refractivity contribution is -0.116. The van der Waals surface area contributed by atoms with Crippen molar-refractivity contribution in [1.82, 2.24) is 4.31 Å². The Labute approximate surface area is 191 Å². The molecule has 4 rings (SSSR count). The maximum absolute atomic E-state index is 13.6. The number of allylic oxidation sites excluding steroid dienone is 1. The van der Waals surface area contributed by atoms with Gasteiger partial charge < -0.3 is 9.47 Å². The monoisotopic (exact) mass is 475 g/mol. The van der Waals surface area contributed by atoms with Crippen LogP contribution >= 0.6 is 11.3 Å². The summed E-state index contributed by atoms with van der Waals surface area (Å²) in [4.78, 5) is 24.2. The molecule has 2 aromatic rings. The topological polar surface area (TPSA) is 90.0 Å². The fraction of sp³-hybridized carbons (Fsp3) is 0.391. The Balaban J connectivity index is 1.69. The largest absolute Gasteiger partial charge is 0.487 e. The third kappa shape index (κ3) is 4.12. The number of thiophene rings is 1. The molecule has 0 N–H and O–H groups in total. The van der Waals surface area contributed by atoms with Gasteiger partial charge in [-0.1, -0.05) is 47.2 Å². The van der Waals surface area contributed by atoms with Crippen molar-refractivity contribution in [1.29, 1.82) is 0 Å². The molecule has 2 aliphatic rings. The molecule has 0 spiro atoms. The van der Waals surface area contributed by atoms with E-state index in [4.69, 9.17) is 9.47 Å². The number of piperidine rings is 1. The lowest BCUT2D eigenvalue weighted by Gasteiger charge is -2.46. The summed E-state index contributed by atoms with van der Waals surface area (Å²) >= 11 is 0.915. The Morgan fingerprint density at radius 1 is 1.19 bits per heavy atom. The van der Waals surface area contributed by atoms with Gasteiger partial charge in [0, 0.05) is 24.9 Å². The molecule has 2 heterocycles. The fourth-order valence-corrected chi connectivity index (χ4v) is 7.51. The summed E-state index contributed by atoms with van der Waals surface area (Å²) in [5.74, 6) is -0.541. The number of rotatable bonds is 6. The summed E-state index contributed by atoms with van der Waals surface area (Å²) in [6, 6.07) is 11.3. The normalized spacial score (nSPS) is 21.6. The Hall–Kier alpha value is -2.49. The second-order valence-electron chi connectivity index (χ2n) is 8.13. The Bertz CT molecular complexity index is 1170. The van der Waals surface area contributed by atoms with Gasteiger partial charge in [0.2, 0.25) is 0 Å². The third-order valence-electron chi connectivity index (χ3n) is 6.22. The van der Waals surface area contributed by atoms with Crippen LogP contribution in [0.1, 0.15) is 35.2 Å². The molecule has 1 aliphatic carbocycles. The first-order valence-electron chi connectivity index (χ1n) is 10.3. The smallest absolute Gasteiger partial charge is 0.342 e. The minimum absolute atomic E-state index is 0.0453. The van der Waals surface area contributed by atoms with Crippen molar-refractivity contribution >= 4 is 33.1 Å². The van der Waals surface area contributed by atoms with Crippen molar-refractivity contribution in [2.24, 2.45) is 5.41 Å². The standard InChI is InChI=1S/C23H25NO6S2/c1-29-21(26)19-13-20(31-22(19)30-2)32(27,28)24-11-9-17-12-18(25)8-10-23(17,15-24)14-16-6-4-3-5-7-16/h3-7,12-13H,8-11,14-15H2,1-2H3. The summed E-state index contributed by atoms with van der Waals surface area (Å²) in [5.41, 5.74) is 1.81. The van der Waals surface area contributed by atoms with Crippen molar-refractivity contribution in [3.8, 4) is 5.06 Å². The average Bonchev–Trinajstić information content (AvgIpc) is 3.24. The molecular formula is C23H25NO6S2. The molecule has 1 atom stereocenters. The zero-order valence-electron chi connectivity index (χ0n) is 18.0. The highest BCUT2D eigenvalue weighted by Gasteiger charge is 2.45. The van der Waals surface area contributed by atoms with Gasteiger partial charge in [0.25, 0.3) is 10.0 Å². The van der Waals surface area contributed by atoms with Crippen molar-refractivity contribution in [2.75, 3.05) is 27.3 Å². The third-order valence-corrected chi connectivity index (χ3v) is 9.61. The van der Waals surface area contributed by atoms with Gasteiger partial charge in [-0.05, 0) is 37.0 Å². The van der Waals surface area contributed by atoms with Crippen LogP contribution in [0.2, 0.25) is 0 Å². The number of esters is 1. The number of ether oxygens (including phenoxy) is 2. The van der Waals surface area contributed by atoms with E-state index in [0.29, 0.717) is 25.7 Å². The average molecular weight is 476 g/mol. The molecule has 0 saturated carbocycles. The van der Waals surface area contributed by atoms with Gasteiger partial charge in [-0.25, -0.2) is 13.2 Å². The highest BCUT2D eigenvalue weighted by molar-refractivity contribution is 7.91. The van der Waals surface area contributed by atoms with Crippen molar-refractivity contribution in [2.45, 2.75) is 29.9 Å². The number of nitrogens with zero attached hydrogens (tertiary/aromatic N) is 1. The molecule has 1 aliphatic heterocycles. The summed E-state index contributed by atoms with van der Waals surface area (Å²) in [6.45, 7) is 0.572. The van der Waals surface area contributed by atoms with Crippen LogP contribution in [0.25, 0.3) is 0 Å². The number of hydrogen-bond acceptors (Lipinski definition) is 7. The van der Waals surface area contributed by atoms with Crippen LogP contribution in [0.15, 0.2) is 52.3 Å². The van der Waals surface area contributed by atoms with Crippen LogP contribution in [0.4, 0.5) is 0 Å². The number of ketones is 1. The van der Waals surface area contributed by atoms with Crippen molar-refractivity contribution in [3.05, 3.63) is 59.2 Å². The second-order valence-corrected chi connectivity index (χ2v) is 11.3. The summed E-state index contributed by atoms with van der Waals surface area (Å²) in [5, 5.41) is 0.204. The van der Waals surface area contributed by atoms with Gasteiger partial charge in [0.05, 0.1) is 14.2 Å². The molecule has 1 saturated heterocycles. The fourth-order valence-electron chi connectivity index (χ4n) is 4.58. The zero-order chi connectivity index (χ0) is 22.9. The molecule has 0 bridgehead atoms. The van der Waals surface area contributed by atoms with Crippen LogP contribution in [-0.4, -0.2) is 51.8 Å². The van der Waals surface area contributed by atoms with E-state index < -0.39 is 21.4 Å². The number of fused-ring (bicyclic) bond motifs is 1. The molecule has 0 radical (unpaired) electrons. The first-order chi connectivity index (χ1) is 15.3. The van der Waals surface area contributed by atoms with Gasteiger partial charge in [-0.3, -0.25) is 4.79 Å². The van der Waals surface area contributed by atoms with Crippen molar-refractivity contribution in [3.63, 3.8) is 0 Å². The number of benzene rings is 1. The van der Waals surface area contributed by atoms with Crippen LogP contribution < -0.4 is 4.74 Å². The SMILES string of the molecule is COC(=O)c1cc(S(=O)(=O)N2CCC3=CC(=O)CCC3(Cc3ccccc3)C2)sc1OC. The van der Waals surface area contributed by atoms with E-state index >= 15 is 0 Å². The Kier molecular flexibility index (Phi) is 6.24. The molecule has 32 heavy (non-hydrogen) atoms. The number of carbonyl (C=O) groups is 2. The maximum atomic E-state index is 13.6. The van der Waals surface area contributed by atoms with Crippen LogP contribution in [0, 0.1) is 5.41 Å². The minimum Gasteiger partial charge on any atom is -0.487 e. The predicted molar refractivity (Wildman–Crippen MR) is 120 cm³/mol. The number of hydrogen-bond donors (Lipinski definition) is 0. The quantitative estimate of drug-likeness (QED) is 0.595. The first-order valence-corrected chi connectivity index (χ1v) is 12.6. The van der Waals surface area contributed by atoms with E-state index in [-0.39, 0.29) is 33.7 Å². The van der Waals surface area contributed by atoms with Gasteiger partial charge in [-0.2, -0.15) is 4.31 Å². The molecule has 1 unspecified atom stereocenters. The molecule has 1 aromatic carbocycles. The Morgan fingerprint density at radius 3 is 2.62 bits per heavy atom. The second kappa shape index (κ2) is 8.80. The summed E-state index contributed by atoms with van der Waals surface area (Å²) < 4.78 is 38.6. The predicted octanol–water partition coefficient (Wildman–Crippen LogP) is 3.46. The minimum atomic E-state index is -3.86. The lowest BCUT2D eigenvalue weighted by atomic mass is 9.66. The molecule has 9 heteroatoms. The van der Waals surface area contributed by atoms with E-state index in [1.807, 2.05) is 30.3 Å². The highest BCUT2D eigenvalue weighted by atomic mass is 32.2. The van der Waals surface area contributed by atoms with E-state index in [0.717, 1.165) is 22.5 Å². The van der Waals surface area contributed by atoms with Crippen LogP contribution in [0.3, 0.4) is 0 Å². The van der Waals surface area contributed by atoms with Crippen molar-refractivity contribution < 1.29 is 27.5 Å². The Morgan fingerprint density at radius 2 is 1.94 bits per heavy atom. The van der Waals surface area contributed by atoms with E-state index in [9.17, 15) is 18.0 Å². The van der Waals surface area contributed by atoms with Gasteiger partial charge in [0.1, 0.15) is 9.77 Å². The molecule has 1 fully saturated rings. The summed E-state index contributed by atoms with van der Waals surface area (Å²) in [6.07, 6.45) is 3.91. The van der Waals surface area contributed by atoms with Crippen LogP contribution in [0.5, 0.6) is 5.06 Å². The maximum Gasteiger partial charge on any atom is 0.342 e. The highest BCUT2D eigenvalue weighted by Crippen LogP contribution is 2.46. The lowest BCUT2D eigenvalue weighted by Crippen LogP contribution is -2.49. The van der Waals surface area contributed by atoms with E-state index in [2.05, 4.69) is 0 Å². The van der Waals surface area contributed by atoms with E-state index in [1.165, 1.54) is 24.6 Å². The number of sulfonamides is 1. The molecule has 1 aromatic heterocycles. The number of carbonyl (C=O) groups excluding carboxylic acids is 2. The van der Waals surface area contributed by atoms with Crippen LogP contribution in [-0.2, 0) is 26.0 Å². The number of methoxy groups -OCH3 is 2. The van der Waals surface area contributed by atoms with Gasteiger partial charge >= 0.3 is 5.97 Å². The first kappa shape index (κ1) is 22.7. The summed E-state index contributed by atoms with van der Waals surface area (Å²) in [7, 11) is -1.23. The zero-order valence-corrected chi connectivity index (χ0v) is 19.6. The molecule has 7 nitrogen and oxygen atoms in total. The molecule has 170 valence electrons.